The second-order valence-electron chi connectivity index (χ2n) is 7.95. The van der Waals surface area contributed by atoms with E-state index in [1.54, 1.807) is 31.4 Å². The van der Waals surface area contributed by atoms with Gasteiger partial charge >= 0.3 is 0 Å². The average molecular weight is 536 g/mol. The van der Waals surface area contributed by atoms with Gasteiger partial charge in [-0.15, -0.1) is 10.2 Å². The Balaban J connectivity index is 1.73. The first-order chi connectivity index (χ1) is 16.7. The van der Waals surface area contributed by atoms with E-state index in [4.69, 9.17) is 27.9 Å². The van der Waals surface area contributed by atoms with Crippen molar-refractivity contribution in [3.05, 3.63) is 63.9 Å². The van der Waals surface area contributed by atoms with Crippen LogP contribution in [-0.4, -0.2) is 39.4 Å². The number of ether oxygens (including phenoxy) is 1. The molecule has 0 spiro atoms. The fourth-order valence-corrected chi connectivity index (χ4v) is 4.50. The summed E-state index contributed by atoms with van der Waals surface area (Å²) in [5.74, 6) is 0.880. The Morgan fingerprint density at radius 2 is 1.86 bits per heavy atom. The number of nitrogens with one attached hydrogen (secondary N) is 2. The summed E-state index contributed by atoms with van der Waals surface area (Å²) in [5, 5.41) is 15.8. The molecule has 35 heavy (non-hydrogen) atoms. The van der Waals surface area contributed by atoms with Crippen LogP contribution in [0, 0.1) is 5.92 Å². The molecule has 0 radical (unpaired) electrons. The molecule has 3 aromatic rings. The van der Waals surface area contributed by atoms with Crippen molar-refractivity contribution in [2.45, 2.75) is 38.5 Å². The zero-order valence-electron chi connectivity index (χ0n) is 19.8. The molecule has 0 fully saturated rings. The van der Waals surface area contributed by atoms with Crippen molar-refractivity contribution < 1.29 is 14.3 Å². The molecule has 8 nitrogen and oxygen atoms in total. The minimum absolute atomic E-state index is 0.0305. The van der Waals surface area contributed by atoms with Crippen molar-refractivity contribution in [3.8, 4) is 5.75 Å². The molecule has 11 heteroatoms. The maximum atomic E-state index is 12.9. The lowest BCUT2D eigenvalue weighted by Gasteiger charge is -2.22. The quantitative estimate of drug-likeness (QED) is 0.334. The van der Waals surface area contributed by atoms with E-state index >= 15 is 0 Å². The van der Waals surface area contributed by atoms with Crippen LogP contribution in [0.5, 0.6) is 5.75 Å². The number of hydrogen-bond donors (Lipinski definition) is 2. The average Bonchev–Trinajstić information content (AvgIpc) is 3.25. The summed E-state index contributed by atoms with van der Waals surface area (Å²) in [6.07, 6.45) is 0. The number of aromatic nitrogens is 3. The van der Waals surface area contributed by atoms with Crippen LogP contribution >= 0.6 is 35.0 Å². The van der Waals surface area contributed by atoms with Gasteiger partial charge in [-0.05, 0) is 43.2 Å². The van der Waals surface area contributed by atoms with Crippen molar-refractivity contribution in [2.75, 3.05) is 18.2 Å². The molecule has 2 N–H and O–H groups in total. The van der Waals surface area contributed by atoms with Gasteiger partial charge in [-0.3, -0.25) is 9.59 Å². The molecule has 186 valence electrons. The van der Waals surface area contributed by atoms with Gasteiger partial charge in [0, 0.05) is 12.1 Å². The first-order valence-electron chi connectivity index (χ1n) is 11.0. The van der Waals surface area contributed by atoms with E-state index in [1.165, 1.54) is 17.8 Å². The molecule has 1 aromatic heterocycles. The van der Waals surface area contributed by atoms with E-state index in [-0.39, 0.29) is 23.5 Å². The molecular formula is C24H27Cl2N5O3S. The Kier molecular flexibility index (Phi) is 9.42. The number of methoxy groups -OCH3 is 1. The van der Waals surface area contributed by atoms with Gasteiger partial charge in [-0.25, -0.2) is 0 Å². The predicted molar refractivity (Wildman–Crippen MR) is 140 cm³/mol. The number of carbonyl (C=O) groups is 2. The van der Waals surface area contributed by atoms with Crippen LogP contribution in [0.4, 0.5) is 5.69 Å². The highest BCUT2D eigenvalue weighted by atomic mass is 35.5. The maximum Gasteiger partial charge on any atom is 0.251 e. The van der Waals surface area contributed by atoms with Gasteiger partial charge in [0.15, 0.2) is 11.0 Å². The molecule has 1 atom stereocenters. The molecule has 0 aliphatic heterocycles. The zero-order chi connectivity index (χ0) is 25.5. The lowest BCUT2D eigenvalue weighted by molar-refractivity contribution is -0.113. The Bertz CT molecular complexity index is 1200. The number of benzene rings is 2. The van der Waals surface area contributed by atoms with Gasteiger partial charge < -0.3 is 19.9 Å². The van der Waals surface area contributed by atoms with E-state index in [0.717, 1.165) is 0 Å². The van der Waals surface area contributed by atoms with Crippen LogP contribution in [0.25, 0.3) is 0 Å². The molecule has 0 unspecified atom stereocenters. The highest BCUT2D eigenvalue weighted by molar-refractivity contribution is 7.99. The summed E-state index contributed by atoms with van der Waals surface area (Å²) in [6.45, 7) is 6.51. The number of amides is 2. The number of nitrogens with zero attached hydrogens (tertiary/aromatic N) is 3. The van der Waals surface area contributed by atoms with Crippen LogP contribution in [0.1, 0.15) is 43.0 Å². The first kappa shape index (κ1) is 26.8. The van der Waals surface area contributed by atoms with Crippen LogP contribution in [0.15, 0.2) is 47.6 Å². The highest BCUT2D eigenvalue weighted by Crippen LogP contribution is 2.28. The topological polar surface area (TPSA) is 98.1 Å². The monoisotopic (exact) mass is 535 g/mol. The largest absolute Gasteiger partial charge is 0.495 e. The third kappa shape index (κ3) is 6.68. The van der Waals surface area contributed by atoms with Gasteiger partial charge in [0.2, 0.25) is 5.91 Å². The molecular weight excluding hydrogens is 509 g/mol. The normalized spacial score (nSPS) is 11.9. The van der Waals surface area contributed by atoms with Gasteiger partial charge in [-0.2, -0.15) is 0 Å². The Morgan fingerprint density at radius 3 is 2.51 bits per heavy atom. The van der Waals surface area contributed by atoms with Crippen molar-refractivity contribution in [2.24, 2.45) is 5.92 Å². The standard InChI is InChI=1S/C24H27Cl2N5O3S/c1-5-31-22(21(14(2)3)28-23(33)15-10-11-16(25)17(26)12-15)29-30-24(31)35-13-20(32)27-18-8-6-7-9-19(18)34-4/h6-12,14,21H,5,13H2,1-4H3,(H,27,32)(H,28,33)/t21-/m0/s1. The van der Waals surface area contributed by atoms with Crippen LogP contribution in [0.2, 0.25) is 10.0 Å². The van der Waals surface area contributed by atoms with Crippen molar-refractivity contribution in [1.82, 2.24) is 20.1 Å². The van der Waals surface area contributed by atoms with E-state index in [0.29, 0.717) is 44.6 Å². The smallest absolute Gasteiger partial charge is 0.251 e. The Morgan fingerprint density at radius 1 is 1.11 bits per heavy atom. The first-order valence-corrected chi connectivity index (χ1v) is 12.7. The summed E-state index contributed by atoms with van der Waals surface area (Å²) < 4.78 is 7.18. The summed E-state index contributed by atoms with van der Waals surface area (Å²) >= 11 is 13.3. The number of anilines is 1. The molecule has 0 bridgehead atoms. The third-order valence-electron chi connectivity index (χ3n) is 5.19. The van der Waals surface area contributed by atoms with Crippen molar-refractivity contribution in [3.63, 3.8) is 0 Å². The fourth-order valence-electron chi connectivity index (χ4n) is 3.39. The van der Waals surface area contributed by atoms with Crippen LogP contribution in [0.3, 0.4) is 0 Å². The summed E-state index contributed by atoms with van der Waals surface area (Å²) in [4.78, 5) is 25.4. The third-order valence-corrected chi connectivity index (χ3v) is 6.89. The predicted octanol–water partition coefficient (Wildman–Crippen LogP) is 5.47. The van der Waals surface area contributed by atoms with Gasteiger partial charge in [0.25, 0.3) is 5.91 Å². The summed E-state index contributed by atoms with van der Waals surface area (Å²) in [6, 6.07) is 11.5. The van der Waals surface area contributed by atoms with Crippen molar-refractivity contribution in [1.29, 1.82) is 0 Å². The van der Waals surface area contributed by atoms with E-state index < -0.39 is 6.04 Å². The number of rotatable bonds is 10. The highest BCUT2D eigenvalue weighted by Gasteiger charge is 2.26. The number of halogens is 2. The molecule has 3 rings (SSSR count). The van der Waals surface area contributed by atoms with E-state index in [9.17, 15) is 9.59 Å². The molecule has 0 aliphatic carbocycles. The zero-order valence-corrected chi connectivity index (χ0v) is 22.2. The molecule has 2 aromatic carbocycles. The molecule has 2 amide bonds. The molecule has 0 saturated heterocycles. The molecule has 0 aliphatic rings. The number of para-hydroxylation sites is 2. The van der Waals surface area contributed by atoms with Crippen LogP contribution in [-0.2, 0) is 11.3 Å². The van der Waals surface area contributed by atoms with Gasteiger partial charge in [0.05, 0.1) is 34.6 Å². The summed E-state index contributed by atoms with van der Waals surface area (Å²) in [7, 11) is 1.55. The summed E-state index contributed by atoms with van der Waals surface area (Å²) in [5.41, 5.74) is 0.998. The van der Waals surface area contributed by atoms with E-state index in [2.05, 4.69) is 20.8 Å². The Hall–Kier alpha value is -2.75. The van der Waals surface area contributed by atoms with Gasteiger partial charge in [0.1, 0.15) is 5.75 Å². The van der Waals surface area contributed by atoms with E-state index in [1.807, 2.05) is 37.5 Å². The second kappa shape index (κ2) is 12.3. The molecule has 1 heterocycles. The van der Waals surface area contributed by atoms with Gasteiger partial charge in [-0.1, -0.05) is 60.9 Å². The number of hydrogen-bond acceptors (Lipinski definition) is 6. The molecule has 0 saturated carbocycles. The van der Waals surface area contributed by atoms with Crippen LogP contribution < -0.4 is 15.4 Å². The lowest BCUT2D eigenvalue weighted by Crippen LogP contribution is -2.33. The fraction of sp³-hybridized carbons (Fsp3) is 0.333. The lowest BCUT2D eigenvalue weighted by atomic mass is 10.0. The minimum atomic E-state index is -0.402. The maximum absolute atomic E-state index is 12.9. The SMILES string of the molecule is CCn1c(SCC(=O)Nc2ccccc2OC)nnc1[C@@H](NC(=O)c1ccc(Cl)c(Cl)c1)C(C)C. The number of thioether (sulfide) groups is 1. The second-order valence-corrected chi connectivity index (χ2v) is 9.70. The van der Waals surface area contributed by atoms with Crippen molar-refractivity contribution >= 4 is 52.5 Å². The Labute approximate surface area is 218 Å². The number of carbonyl (C=O) groups excluding carboxylic acids is 2. The minimum Gasteiger partial charge on any atom is -0.495 e.